The first-order valence-electron chi connectivity index (χ1n) is 6.62. The van der Waals surface area contributed by atoms with E-state index in [-0.39, 0.29) is 11.9 Å². The van der Waals surface area contributed by atoms with E-state index in [9.17, 15) is 0 Å². The summed E-state index contributed by atoms with van der Waals surface area (Å²) in [4.78, 5) is 2.17. The van der Waals surface area contributed by atoms with Crippen LogP contribution in [0.1, 0.15) is 24.5 Å². The number of nitrogens with two attached hydrogens (primary N) is 1. The average molecular weight is 342 g/mol. The van der Waals surface area contributed by atoms with Gasteiger partial charge in [-0.1, -0.05) is 21.1 Å². The lowest BCUT2D eigenvalue weighted by molar-refractivity contribution is 0.246. The van der Waals surface area contributed by atoms with Crippen molar-refractivity contribution < 1.29 is 9.94 Å². The number of hydrogen-bond donors (Lipinski definition) is 2. The summed E-state index contributed by atoms with van der Waals surface area (Å²) in [6.45, 7) is 3.57. The van der Waals surface area contributed by atoms with E-state index in [0.29, 0.717) is 6.42 Å². The topological polar surface area (TPSA) is 71.1 Å². The molecule has 0 fully saturated rings. The molecule has 0 radical (unpaired) electrons. The van der Waals surface area contributed by atoms with Crippen molar-refractivity contribution in [2.24, 2.45) is 10.9 Å². The number of benzene rings is 1. The summed E-state index contributed by atoms with van der Waals surface area (Å²) < 4.78 is 6.81. The second-order valence-electron chi connectivity index (χ2n) is 5.21. The molecule has 20 heavy (non-hydrogen) atoms. The van der Waals surface area contributed by atoms with Gasteiger partial charge >= 0.3 is 0 Å². The molecular weight excluding hydrogens is 322 g/mol. The Labute approximate surface area is 127 Å². The third-order valence-electron chi connectivity index (χ3n) is 3.63. The van der Waals surface area contributed by atoms with Crippen LogP contribution in [0.3, 0.4) is 0 Å². The van der Waals surface area contributed by atoms with Crippen molar-refractivity contribution in [1.29, 1.82) is 0 Å². The molecular formula is C14H20BrN3O2. The summed E-state index contributed by atoms with van der Waals surface area (Å²) in [6, 6.07) is 4.39. The van der Waals surface area contributed by atoms with Crippen LogP contribution in [0.15, 0.2) is 21.8 Å². The van der Waals surface area contributed by atoms with Crippen molar-refractivity contribution >= 4 is 21.8 Å². The standard InChI is InChI=1S/C14H20BrN3O2/c1-9(5-13(16)17-19)18(2)8-11-7-12(15)6-10-3-4-20-14(10)11/h6-7,9,19H,3-5,8H2,1-2H3,(H2,16,17). The molecule has 1 aliphatic rings. The molecule has 2 rings (SSSR count). The second kappa shape index (κ2) is 6.45. The molecule has 1 aromatic carbocycles. The van der Waals surface area contributed by atoms with Crippen LogP contribution in [0.4, 0.5) is 0 Å². The van der Waals surface area contributed by atoms with E-state index < -0.39 is 0 Å². The van der Waals surface area contributed by atoms with Crippen LogP contribution in [-0.4, -0.2) is 35.6 Å². The SMILES string of the molecule is CC(C/C(N)=N/O)N(C)Cc1cc(Br)cc2c1OCC2. The van der Waals surface area contributed by atoms with Crippen LogP contribution in [0.2, 0.25) is 0 Å². The number of rotatable bonds is 5. The number of hydrogen-bond acceptors (Lipinski definition) is 4. The van der Waals surface area contributed by atoms with Gasteiger partial charge < -0.3 is 15.7 Å². The Balaban J connectivity index is 2.10. The zero-order valence-corrected chi connectivity index (χ0v) is 13.4. The zero-order chi connectivity index (χ0) is 14.7. The Bertz CT molecular complexity index is 519. The zero-order valence-electron chi connectivity index (χ0n) is 11.8. The third kappa shape index (κ3) is 3.43. The van der Waals surface area contributed by atoms with Crippen LogP contribution in [0, 0.1) is 0 Å². The maximum atomic E-state index is 8.64. The van der Waals surface area contributed by atoms with Gasteiger partial charge in [-0.25, -0.2) is 0 Å². The van der Waals surface area contributed by atoms with Crippen LogP contribution >= 0.6 is 15.9 Å². The molecule has 0 spiro atoms. The molecule has 3 N–H and O–H groups in total. The molecule has 6 heteroatoms. The Morgan fingerprint density at radius 3 is 3.05 bits per heavy atom. The summed E-state index contributed by atoms with van der Waals surface area (Å²) in [6.07, 6.45) is 1.50. The first-order chi connectivity index (χ1) is 9.51. The number of ether oxygens (including phenoxy) is 1. The van der Waals surface area contributed by atoms with Crippen molar-refractivity contribution in [2.75, 3.05) is 13.7 Å². The highest BCUT2D eigenvalue weighted by molar-refractivity contribution is 9.10. The molecule has 1 aromatic rings. The molecule has 5 nitrogen and oxygen atoms in total. The fraction of sp³-hybridized carbons (Fsp3) is 0.500. The molecule has 0 aromatic heterocycles. The van der Waals surface area contributed by atoms with Crippen LogP contribution in [-0.2, 0) is 13.0 Å². The van der Waals surface area contributed by atoms with E-state index in [1.54, 1.807) is 0 Å². The van der Waals surface area contributed by atoms with Crippen LogP contribution in [0.5, 0.6) is 5.75 Å². The summed E-state index contributed by atoms with van der Waals surface area (Å²) in [5.74, 6) is 1.26. The van der Waals surface area contributed by atoms with Crippen molar-refractivity contribution in [1.82, 2.24) is 4.90 Å². The first kappa shape index (κ1) is 15.1. The Morgan fingerprint density at radius 2 is 2.35 bits per heavy atom. The minimum atomic E-state index is 0.182. The van der Waals surface area contributed by atoms with Crippen molar-refractivity contribution in [3.8, 4) is 5.75 Å². The molecule has 0 amide bonds. The third-order valence-corrected chi connectivity index (χ3v) is 4.09. The van der Waals surface area contributed by atoms with Gasteiger partial charge in [-0.05, 0) is 31.7 Å². The molecule has 0 aliphatic carbocycles. The minimum absolute atomic E-state index is 0.182. The largest absolute Gasteiger partial charge is 0.493 e. The van der Waals surface area contributed by atoms with Gasteiger partial charge in [0.1, 0.15) is 11.6 Å². The number of oxime groups is 1. The maximum absolute atomic E-state index is 8.64. The van der Waals surface area contributed by atoms with Gasteiger partial charge in [0.05, 0.1) is 6.61 Å². The van der Waals surface area contributed by atoms with Gasteiger partial charge in [-0.3, -0.25) is 4.90 Å². The van der Waals surface area contributed by atoms with Crippen molar-refractivity contribution in [3.05, 3.63) is 27.7 Å². The highest BCUT2D eigenvalue weighted by atomic mass is 79.9. The van der Waals surface area contributed by atoms with E-state index in [4.69, 9.17) is 15.7 Å². The Morgan fingerprint density at radius 1 is 1.60 bits per heavy atom. The summed E-state index contributed by atoms with van der Waals surface area (Å²) >= 11 is 3.55. The van der Waals surface area contributed by atoms with Crippen molar-refractivity contribution in [3.63, 3.8) is 0 Å². The maximum Gasteiger partial charge on any atom is 0.140 e. The lowest BCUT2D eigenvalue weighted by Gasteiger charge is -2.25. The predicted molar refractivity (Wildman–Crippen MR) is 82.3 cm³/mol. The van der Waals surface area contributed by atoms with E-state index in [1.807, 2.05) is 7.05 Å². The van der Waals surface area contributed by atoms with Gasteiger partial charge in [0.15, 0.2) is 0 Å². The fourth-order valence-corrected chi connectivity index (χ4v) is 2.94. The predicted octanol–water partition coefficient (Wildman–Crippen LogP) is 2.34. The Kier molecular flexibility index (Phi) is 4.88. The molecule has 1 aliphatic heterocycles. The quantitative estimate of drug-likeness (QED) is 0.373. The van der Waals surface area contributed by atoms with Crippen molar-refractivity contribution in [2.45, 2.75) is 32.4 Å². The van der Waals surface area contributed by atoms with E-state index >= 15 is 0 Å². The molecule has 0 bridgehead atoms. The normalized spacial score (nSPS) is 16.1. The van der Waals surface area contributed by atoms with Crippen LogP contribution in [0.25, 0.3) is 0 Å². The molecule has 1 atom stereocenters. The molecule has 1 unspecified atom stereocenters. The number of nitrogens with zero attached hydrogens (tertiary/aromatic N) is 2. The average Bonchev–Trinajstić information content (AvgIpc) is 2.86. The van der Waals surface area contributed by atoms with Gasteiger partial charge in [-0.15, -0.1) is 0 Å². The molecule has 0 saturated carbocycles. The molecule has 110 valence electrons. The lowest BCUT2D eigenvalue weighted by atomic mass is 10.1. The highest BCUT2D eigenvalue weighted by Gasteiger charge is 2.20. The number of amidine groups is 1. The van der Waals surface area contributed by atoms with E-state index in [2.05, 4.69) is 45.0 Å². The van der Waals surface area contributed by atoms with Gasteiger partial charge in [0, 0.05) is 35.5 Å². The Hall–Kier alpha value is -1.27. The highest BCUT2D eigenvalue weighted by Crippen LogP contribution is 2.33. The molecule has 1 heterocycles. The summed E-state index contributed by atoms with van der Waals surface area (Å²) in [5.41, 5.74) is 7.98. The lowest BCUT2D eigenvalue weighted by Crippen LogP contribution is -2.32. The van der Waals surface area contributed by atoms with Gasteiger partial charge in [0.25, 0.3) is 0 Å². The van der Waals surface area contributed by atoms with Crippen LogP contribution < -0.4 is 10.5 Å². The monoisotopic (exact) mass is 341 g/mol. The summed E-state index contributed by atoms with van der Waals surface area (Å²) in [7, 11) is 2.03. The van der Waals surface area contributed by atoms with Gasteiger partial charge in [0.2, 0.25) is 0 Å². The smallest absolute Gasteiger partial charge is 0.140 e. The van der Waals surface area contributed by atoms with E-state index in [0.717, 1.165) is 29.8 Å². The number of fused-ring (bicyclic) bond motifs is 1. The summed E-state index contributed by atoms with van der Waals surface area (Å²) in [5, 5.41) is 11.7. The minimum Gasteiger partial charge on any atom is -0.493 e. The molecule has 0 saturated heterocycles. The van der Waals surface area contributed by atoms with E-state index in [1.165, 1.54) is 11.1 Å². The number of halogens is 1. The van der Waals surface area contributed by atoms with Gasteiger partial charge in [-0.2, -0.15) is 0 Å². The first-order valence-corrected chi connectivity index (χ1v) is 7.41. The second-order valence-corrected chi connectivity index (χ2v) is 6.13. The fourth-order valence-electron chi connectivity index (χ4n) is 2.39.